The van der Waals surface area contributed by atoms with E-state index in [4.69, 9.17) is 9.52 Å². The Kier molecular flexibility index (Phi) is 8.16. The number of guanidine groups is 1. The Morgan fingerprint density at radius 3 is 2.64 bits per heavy atom. The second kappa shape index (κ2) is 9.34. The molecule has 1 aliphatic rings. The zero-order valence-corrected chi connectivity index (χ0v) is 16.0. The molecule has 1 saturated heterocycles. The molecule has 22 heavy (non-hydrogen) atoms. The summed E-state index contributed by atoms with van der Waals surface area (Å²) >= 11 is 0. The van der Waals surface area contributed by atoms with Crippen molar-refractivity contribution in [3.05, 3.63) is 17.0 Å². The Morgan fingerprint density at radius 2 is 2.09 bits per heavy atom. The highest BCUT2D eigenvalue weighted by molar-refractivity contribution is 14.0. The van der Waals surface area contributed by atoms with Gasteiger partial charge in [0.05, 0.1) is 11.8 Å². The summed E-state index contributed by atoms with van der Waals surface area (Å²) in [6.07, 6.45) is 2.31. The van der Waals surface area contributed by atoms with E-state index in [9.17, 15) is 5.11 Å². The number of aromatic nitrogens is 1. The molecule has 0 bridgehead atoms. The SMILES string of the molecule is CCNC(=NCCc1c(C)noc1C)N1CCC(O)CC1.I. The number of likely N-dealkylation sites (tertiary alicyclic amines) is 1. The maximum atomic E-state index is 9.60. The number of aliphatic hydroxyl groups excluding tert-OH is 1. The molecule has 0 aromatic carbocycles. The molecule has 1 aliphatic heterocycles. The molecule has 0 unspecified atom stereocenters. The number of piperidine rings is 1. The van der Waals surface area contributed by atoms with Gasteiger partial charge < -0.3 is 19.8 Å². The van der Waals surface area contributed by atoms with Crippen molar-refractivity contribution in [3.63, 3.8) is 0 Å². The van der Waals surface area contributed by atoms with Crippen LogP contribution >= 0.6 is 24.0 Å². The average Bonchev–Trinajstić information content (AvgIpc) is 2.79. The van der Waals surface area contributed by atoms with Crippen LogP contribution in [0.1, 0.15) is 36.8 Å². The molecule has 1 fully saturated rings. The minimum atomic E-state index is -0.161. The maximum Gasteiger partial charge on any atom is 0.193 e. The molecule has 1 aromatic rings. The van der Waals surface area contributed by atoms with Gasteiger partial charge >= 0.3 is 0 Å². The van der Waals surface area contributed by atoms with Gasteiger partial charge in [-0.2, -0.15) is 0 Å². The van der Waals surface area contributed by atoms with Crippen molar-refractivity contribution in [3.8, 4) is 0 Å². The minimum absolute atomic E-state index is 0. The predicted molar refractivity (Wildman–Crippen MR) is 97.9 cm³/mol. The summed E-state index contributed by atoms with van der Waals surface area (Å²) < 4.78 is 5.18. The van der Waals surface area contributed by atoms with E-state index in [0.29, 0.717) is 6.54 Å². The Hall–Kier alpha value is -0.830. The second-order valence-electron chi connectivity index (χ2n) is 5.51. The van der Waals surface area contributed by atoms with Crippen molar-refractivity contribution < 1.29 is 9.63 Å². The number of nitrogens with one attached hydrogen (secondary N) is 1. The third-order valence-corrected chi connectivity index (χ3v) is 3.90. The smallest absolute Gasteiger partial charge is 0.193 e. The zero-order valence-electron chi connectivity index (χ0n) is 13.6. The molecule has 2 heterocycles. The molecule has 0 saturated carbocycles. The van der Waals surface area contributed by atoms with E-state index in [0.717, 1.165) is 61.9 Å². The number of aliphatic hydroxyl groups is 1. The van der Waals surface area contributed by atoms with E-state index in [1.807, 2.05) is 13.8 Å². The normalized spacial score (nSPS) is 16.5. The standard InChI is InChI=1S/C15H26N4O2.HI/c1-4-16-15(19-9-6-13(20)7-10-19)17-8-5-14-11(2)18-21-12(14)3;/h13,20H,4-10H2,1-3H3,(H,16,17);1H. The van der Waals surface area contributed by atoms with Gasteiger partial charge in [0.2, 0.25) is 0 Å². The van der Waals surface area contributed by atoms with Gasteiger partial charge in [-0.15, -0.1) is 24.0 Å². The first kappa shape index (κ1) is 19.2. The molecule has 7 heteroatoms. The number of halogens is 1. The zero-order chi connectivity index (χ0) is 15.2. The van der Waals surface area contributed by atoms with Crippen LogP contribution in [0.4, 0.5) is 0 Å². The number of nitrogens with zero attached hydrogens (tertiary/aromatic N) is 3. The Labute approximate surface area is 149 Å². The van der Waals surface area contributed by atoms with Gasteiger partial charge in [-0.3, -0.25) is 4.99 Å². The lowest BCUT2D eigenvalue weighted by atomic mass is 10.1. The van der Waals surface area contributed by atoms with Crippen LogP contribution in [-0.2, 0) is 6.42 Å². The number of hydrogen-bond acceptors (Lipinski definition) is 4. The van der Waals surface area contributed by atoms with E-state index < -0.39 is 0 Å². The van der Waals surface area contributed by atoms with Crippen molar-refractivity contribution in [2.24, 2.45) is 4.99 Å². The molecule has 0 radical (unpaired) electrons. The van der Waals surface area contributed by atoms with Crippen LogP contribution in [0.2, 0.25) is 0 Å². The number of hydrogen-bond donors (Lipinski definition) is 2. The monoisotopic (exact) mass is 422 g/mol. The predicted octanol–water partition coefficient (Wildman–Crippen LogP) is 1.87. The average molecular weight is 422 g/mol. The fourth-order valence-corrected chi connectivity index (χ4v) is 2.64. The Balaban J connectivity index is 0.00000242. The van der Waals surface area contributed by atoms with Crippen molar-refractivity contribution >= 4 is 29.9 Å². The molecule has 2 rings (SSSR count). The Bertz CT molecular complexity index is 462. The summed E-state index contributed by atoms with van der Waals surface area (Å²) in [6, 6.07) is 0. The van der Waals surface area contributed by atoms with Gasteiger partial charge in [0.15, 0.2) is 5.96 Å². The van der Waals surface area contributed by atoms with Crippen molar-refractivity contribution in [2.45, 2.75) is 46.1 Å². The first-order chi connectivity index (χ1) is 10.1. The summed E-state index contributed by atoms with van der Waals surface area (Å²) in [7, 11) is 0. The highest BCUT2D eigenvalue weighted by Gasteiger charge is 2.19. The van der Waals surface area contributed by atoms with Crippen LogP contribution < -0.4 is 5.32 Å². The number of aliphatic imine (C=N–C) groups is 1. The molecule has 0 aliphatic carbocycles. The topological polar surface area (TPSA) is 73.9 Å². The summed E-state index contributed by atoms with van der Waals surface area (Å²) in [4.78, 5) is 6.93. The summed E-state index contributed by atoms with van der Waals surface area (Å²) in [5.41, 5.74) is 2.11. The van der Waals surface area contributed by atoms with Crippen molar-refractivity contribution in [2.75, 3.05) is 26.2 Å². The molecule has 126 valence electrons. The maximum absolute atomic E-state index is 9.60. The van der Waals surface area contributed by atoms with Gasteiger partial charge in [0, 0.05) is 31.7 Å². The van der Waals surface area contributed by atoms with Gasteiger partial charge in [-0.05, 0) is 40.0 Å². The van der Waals surface area contributed by atoms with E-state index in [1.165, 1.54) is 0 Å². The summed E-state index contributed by atoms with van der Waals surface area (Å²) in [5, 5.41) is 16.9. The van der Waals surface area contributed by atoms with Crippen LogP contribution in [0.25, 0.3) is 0 Å². The third-order valence-electron chi connectivity index (χ3n) is 3.90. The Morgan fingerprint density at radius 1 is 1.41 bits per heavy atom. The second-order valence-corrected chi connectivity index (χ2v) is 5.51. The lowest BCUT2D eigenvalue weighted by molar-refractivity contribution is 0.108. The van der Waals surface area contributed by atoms with Gasteiger partial charge in [-0.25, -0.2) is 0 Å². The number of rotatable bonds is 4. The van der Waals surface area contributed by atoms with E-state index >= 15 is 0 Å². The summed E-state index contributed by atoms with van der Waals surface area (Å²) in [6.45, 7) is 9.26. The van der Waals surface area contributed by atoms with Crippen LogP contribution in [0.5, 0.6) is 0 Å². The van der Waals surface area contributed by atoms with Gasteiger partial charge in [-0.1, -0.05) is 5.16 Å². The lowest BCUT2D eigenvalue weighted by Gasteiger charge is -2.32. The molecule has 1 aromatic heterocycles. The molecular formula is C15H27IN4O2. The molecule has 0 amide bonds. The van der Waals surface area contributed by atoms with Crippen molar-refractivity contribution in [1.82, 2.24) is 15.4 Å². The first-order valence-electron chi connectivity index (χ1n) is 7.75. The van der Waals surface area contributed by atoms with Crippen molar-refractivity contribution in [1.29, 1.82) is 0 Å². The van der Waals surface area contributed by atoms with Crippen LogP contribution in [-0.4, -0.2) is 53.4 Å². The van der Waals surface area contributed by atoms with Gasteiger partial charge in [0.25, 0.3) is 0 Å². The highest BCUT2D eigenvalue weighted by atomic mass is 127. The quantitative estimate of drug-likeness (QED) is 0.441. The van der Waals surface area contributed by atoms with Crippen LogP contribution in [0, 0.1) is 13.8 Å². The number of aryl methyl sites for hydroxylation is 2. The van der Waals surface area contributed by atoms with E-state index in [-0.39, 0.29) is 30.1 Å². The summed E-state index contributed by atoms with van der Waals surface area (Å²) in [5.74, 6) is 1.82. The largest absolute Gasteiger partial charge is 0.393 e. The van der Waals surface area contributed by atoms with E-state index in [2.05, 4.69) is 22.3 Å². The molecule has 0 spiro atoms. The molecular weight excluding hydrogens is 395 g/mol. The molecule has 0 atom stereocenters. The van der Waals surface area contributed by atoms with E-state index in [1.54, 1.807) is 0 Å². The molecule has 6 nitrogen and oxygen atoms in total. The fourth-order valence-electron chi connectivity index (χ4n) is 2.64. The highest BCUT2D eigenvalue weighted by Crippen LogP contribution is 2.13. The lowest BCUT2D eigenvalue weighted by Crippen LogP contribution is -2.46. The minimum Gasteiger partial charge on any atom is -0.393 e. The third kappa shape index (κ3) is 5.12. The fraction of sp³-hybridized carbons (Fsp3) is 0.733. The first-order valence-corrected chi connectivity index (χ1v) is 7.75. The molecule has 2 N–H and O–H groups in total. The van der Waals surface area contributed by atoms with Gasteiger partial charge in [0.1, 0.15) is 5.76 Å². The van der Waals surface area contributed by atoms with Crippen LogP contribution in [0.15, 0.2) is 9.52 Å². The van der Waals surface area contributed by atoms with Crippen LogP contribution in [0.3, 0.4) is 0 Å².